The zero-order valence-corrected chi connectivity index (χ0v) is 17.2. The Morgan fingerprint density at radius 1 is 1.22 bits per heavy atom. The van der Waals surface area contributed by atoms with E-state index in [2.05, 4.69) is 81.5 Å². The maximum atomic E-state index is 3.46. The number of hydrogen-bond acceptors (Lipinski definition) is 0. The van der Waals surface area contributed by atoms with Crippen LogP contribution in [0.1, 0.15) is 50.3 Å². The molecule has 3 rings (SSSR count). The molecule has 0 radical (unpaired) electrons. The van der Waals surface area contributed by atoms with Gasteiger partial charge in [0.1, 0.15) is 0 Å². The van der Waals surface area contributed by atoms with Crippen molar-refractivity contribution in [3.05, 3.63) is 94.1 Å². The molecular formula is C22H24Zr. The molecular weight excluding hydrogens is 355 g/mol. The molecule has 1 unspecified atom stereocenters. The number of benzene rings is 1. The van der Waals surface area contributed by atoms with Crippen molar-refractivity contribution in [3.63, 3.8) is 0 Å². The smallest absolute Gasteiger partial charge is 0.275 e. The van der Waals surface area contributed by atoms with Gasteiger partial charge in [0.2, 0.25) is 0 Å². The monoisotopic (exact) mass is 378 g/mol. The first-order valence-electron chi connectivity index (χ1n) is 7.80. The zero-order valence-electron chi connectivity index (χ0n) is 14.7. The second-order valence-corrected chi connectivity index (χ2v) is 5.74. The van der Waals surface area contributed by atoms with Crippen molar-refractivity contribution in [2.24, 2.45) is 0 Å². The van der Waals surface area contributed by atoms with Crippen molar-refractivity contribution in [1.82, 2.24) is 0 Å². The number of aryl methyl sites for hydroxylation is 1. The van der Waals surface area contributed by atoms with Crippen molar-refractivity contribution in [1.29, 1.82) is 0 Å². The molecule has 0 saturated carbocycles. The van der Waals surface area contributed by atoms with E-state index in [4.69, 9.17) is 0 Å². The molecule has 0 saturated heterocycles. The van der Waals surface area contributed by atoms with Crippen LogP contribution < -0.4 is 0 Å². The van der Waals surface area contributed by atoms with E-state index in [-0.39, 0.29) is 26.2 Å². The maximum Gasteiger partial charge on any atom is 2.00 e. The molecule has 0 nitrogen and oxygen atoms in total. The Morgan fingerprint density at radius 3 is 2.57 bits per heavy atom. The fourth-order valence-corrected chi connectivity index (χ4v) is 2.55. The average Bonchev–Trinajstić information content (AvgIpc) is 2.91. The quantitative estimate of drug-likeness (QED) is 0.414. The zero-order chi connectivity index (χ0) is 16.1. The van der Waals surface area contributed by atoms with Gasteiger partial charge in [0.05, 0.1) is 0 Å². The van der Waals surface area contributed by atoms with Gasteiger partial charge in [-0.15, -0.1) is 60.9 Å². The van der Waals surface area contributed by atoms with Gasteiger partial charge in [-0.3, -0.25) is 6.08 Å². The molecule has 2 aliphatic carbocycles. The van der Waals surface area contributed by atoms with E-state index in [0.717, 1.165) is 0 Å². The SMILES string of the molecule is C[C-]=C(C)C(C)=CC.Cc1ccc2c(c1)[C-]=C1C=CC=CC12.[Zr+2]. The molecule has 0 aromatic heterocycles. The second-order valence-electron chi connectivity index (χ2n) is 5.74. The molecule has 0 spiro atoms. The Balaban J connectivity index is 0.000000258. The van der Waals surface area contributed by atoms with Gasteiger partial charge in [-0.25, -0.2) is 11.1 Å². The van der Waals surface area contributed by atoms with E-state index in [0.29, 0.717) is 5.92 Å². The largest absolute Gasteiger partial charge is 2.00 e. The van der Waals surface area contributed by atoms with Crippen LogP contribution in [0.2, 0.25) is 0 Å². The fraction of sp³-hybridized carbons (Fsp3) is 0.273. The van der Waals surface area contributed by atoms with Crippen LogP contribution in [0.4, 0.5) is 0 Å². The van der Waals surface area contributed by atoms with Crippen LogP contribution in [0.25, 0.3) is 0 Å². The number of allylic oxidation sites excluding steroid dienone is 9. The molecule has 1 heteroatoms. The Labute approximate surface area is 160 Å². The van der Waals surface area contributed by atoms with Crippen LogP contribution >= 0.6 is 0 Å². The van der Waals surface area contributed by atoms with Crippen molar-refractivity contribution < 1.29 is 26.2 Å². The summed E-state index contributed by atoms with van der Waals surface area (Å²) in [4.78, 5) is 0. The summed E-state index contributed by atoms with van der Waals surface area (Å²) in [5.74, 6) is 0.454. The second kappa shape index (κ2) is 9.18. The van der Waals surface area contributed by atoms with Gasteiger partial charge in [0, 0.05) is 0 Å². The summed E-state index contributed by atoms with van der Waals surface area (Å²) in [6.07, 6.45) is 17.2. The number of rotatable bonds is 1. The van der Waals surface area contributed by atoms with E-state index in [9.17, 15) is 0 Å². The molecule has 1 aromatic rings. The maximum absolute atomic E-state index is 3.46. The molecule has 2 aliphatic rings. The first kappa shape index (κ1) is 19.8. The van der Waals surface area contributed by atoms with Crippen LogP contribution in [0.15, 0.2) is 65.3 Å². The predicted octanol–water partition coefficient (Wildman–Crippen LogP) is 6.02. The predicted molar refractivity (Wildman–Crippen MR) is 95.6 cm³/mol. The van der Waals surface area contributed by atoms with Gasteiger partial charge in [-0.2, -0.15) is 6.08 Å². The summed E-state index contributed by atoms with van der Waals surface area (Å²) >= 11 is 0. The molecule has 1 aromatic carbocycles. The third-order valence-electron chi connectivity index (χ3n) is 4.25. The summed E-state index contributed by atoms with van der Waals surface area (Å²) in [5, 5.41) is 0. The topological polar surface area (TPSA) is 0 Å². The Hall–Kier alpha value is -1.20. The Morgan fingerprint density at radius 2 is 1.96 bits per heavy atom. The first-order chi connectivity index (χ1) is 10.6. The van der Waals surface area contributed by atoms with Gasteiger partial charge in [0.25, 0.3) is 0 Å². The molecule has 0 N–H and O–H groups in total. The number of fused-ring (bicyclic) bond motifs is 3. The van der Waals surface area contributed by atoms with E-state index in [1.165, 1.54) is 33.4 Å². The van der Waals surface area contributed by atoms with Gasteiger partial charge >= 0.3 is 26.2 Å². The summed E-state index contributed by atoms with van der Waals surface area (Å²) in [6, 6.07) is 6.61. The summed E-state index contributed by atoms with van der Waals surface area (Å²) in [6.45, 7) is 10.2. The molecule has 0 aliphatic heterocycles. The average molecular weight is 380 g/mol. The minimum Gasteiger partial charge on any atom is -0.275 e. The van der Waals surface area contributed by atoms with Gasteiger partial charge in [-0.1, -0.05) is 37.6 Å². The minimum absolute atomic E-state index is 0. The molecule has 0 amide bonds. The first-order valence-corrected chi connectivity index (χ1v) is 7.80. The molecule has 0 bridgehead atoms. The standard InChI is InChI=1S/C14H11.C8H13.Zr/c1-10-6-7-14-12(8-10)9-11-4-2-3-5-13(11)14;1-5-7(3)8(4)6-2;/h2-8,13H,1H3;5H,1-4H3;/q2*-1;+2. The third kappa shape index (κ3) is 4.88. The van der Waals surface area contributed by atoms with E-state index >= 15 is 0 Å². The molecule has 116 valence electrons. The Bertz CT molecular complexity index is 681. The van der Waals surface area contributed by atoms with Gasteiger partial charge in [0.15, 0.2) is 0 Å². The van der Waals surface area contributed by atoms with Gasteiger partial charge in [-0.05, 0) is 12.8 Å². The third-order valence-corrected chi connectivity index (χ3v) is 4.25. The van der Waals surface area contributed by atoms with Crippen molar-refractivity contribution in [3.8, 4) is 0 Å². The van der Waals surface area contributed by atoms with Crippen LogP contribution in [0.3, 0.4) is 0 Å². The number of hydrogen-bond donors (Lipinski definition) is 0. The molecule has 1 atom stereocenters. The van der Waals surface area contributed by atoms with Crippen LogP contribution in [0, 0.1) is 19.1 Å². The normalized spacial score (nSPS) is 18.3. The van der Waals surface area contributed by atoms with E-state index in [1.807, 2.05) is 13.8 Å². The fourth-order valence-electron chi connectivity index (χ4n) is 2.55. The summed E-state index contributed by atoms with van der Waals surface area (Å²) in [7, 11) is 0. The molecule has 0 heterocycles. The Kier molecular flexibility index (Phi) is 7.93. The minimum atomic E-state index is 0. The van der Waals surface area contributed by atoms with E-state index < -0.39 is 0 Å². The van der Waals surface area contributed by atoms with Crippen LogP contribution in [0.5, 0.6) is 0 Å². The van der Waals surface area contributed by atoms with Crippen LogP contribution in [-0.2, 0) is 26.2 Å². The van der Waals surface area contributed by atoms with Gasteiger partial charge < -0.3 is 0 Å². The summed E-state index contributed by atoms with van der Waals surface area (Å²) < 4.78 is 0. The van der Waals surface area contributed by atoms with Crippen LogP contribution in [-0.4, -0.2) is 0 Å². The molecule has 0 fully saturated rings. The van der Waals surface area contributed by atoms with E-state index in [1.54, 1.807) is 0 Å². The summed E-state index contributed by atoms with van der Waals surface area (Å²) in [5.41, 5.74) is 7.82. The van der Waals surface area contributed by atoms with Crippen molar-refractivity contribution in [2.45, 2.75) is 40.5 Å². The molecule has 23 heavy (non-hydrogen) atoms. The van der Waals surface area contributed by atoms with Crippen molar-refractivity contribution in [2.75, 3.05) is 0 Å². The van der Waals surface area contributed by atoms with Crippen molar-refractivity contribution >= 4 is 0 Å².